The third-order valence-corrected chi connectivity index (χ3v) is 5.75. The number of carbonyl (C=O) groups is 2. The Morgan fingerprint density at radius 1 is 0.618 bits per heavy atom. The van der Waals surface area contributed by atoms with E-state index >= 15 is 0 Å². The van der Waals surface area contributed by atoms with Gasteiger partial charge in [0, 0.05) is 5.69 Å². The smallest absolute Gasteiger partial charge is 0.449 e. The summed E-state index contributed by atoms with van der Waals surface area (Å²) in [7, 11) is 0. The van der Waals surface area contributed by atoms with Crippen LogP contribution in [0.5, 0.6) is 5.75 Å². The van der Waals surface area contributed by atoms with E-state index in [9.17, 15) is 9.59 Å². The van der Waals surface area contributed by atoms with Crippen LogP contribution < -0.4 is 10.1 Å². The Morgan fingerprint density at radius 3 is 1.56 bits per heavy atom. The quantitative estimate of drug-likeness (QED) is 0.115. The van der Waals surface area contributed by atoms with Crippen molar-refractivity contribution in [3.63, 3.8) is 0 Å². The molecule has 34 heavy (non-hydrogen) atoms. The fraction of sp³-hybridized carbons (Fsp3) is 0.714. The number of unbranched alkanes of at least 4 members (excludes halogenated alkanes) is 14. The number of hydrogen-bond donors (Lipinski definition) is 1. The number of benzene rings is 1. The lowest BCUT2D eigenvalue weighted by atomic mass is 10.1. The van der Waals surface area contributed by atoms with Crippen molar-refractivity contribution >= 4 is 17.9 Å². The summed E-state index contributed by atoms with van der Waals surface area (Å²) in [6.07, 6.45) is 18.0. The number of carbonyl (C=O) groups excluding carboxylic acids is 2. The van der Waals surface area contributed by atoms with Crippen LogP contribution in [0.15, 0.2) is 24.3 Å². The zero-order valence-electron chi connectivity index (χ0n) is 21.6. The Kier molecular flexibility index (Phi) is 18.7. The van der Waals surface area contributed by atoms with Gasteiger partial charge in [0.05, 0.1) is 13.2 Å². The van der Waals surface area contributed by atoms with Gasteiger partial charge in [-0.25, -0.2) is 9.59 Å². The Bertz CT molecular complexity index is 577. The molecule has 0 heterocycles. The van der Waals surface area contributed by atoms with Crippen molar-refractivity contribution in [3.05, 3.63) is 24.3 Å². The van der Waals surface area contributed by atoms with Crippen LogP contribution in [0.3, 0.4) is 0 Å². The summed E-state index contributed by atoms with van der Waals surface area (Å²) < 4.78 is 15.5. The topological polar surface area (TPSA) is 73.9 Å². The fourth-order valence-electron chi connectivity index (χ4n) is 3.68. The van der Waals surface area contributed by atoms with E-state index < -0.39 is 12.2 Å². The number of ether oxygens (including phenoxy) is 3. The van der Waals surface area contributed by atoms with Gasteiger partial charge in [-0.1, -0.05) is 104 Å². The van der Waals surface area contributed by atoms with Crippen molar-refractivity contribution in [1.82, 2.24) is 0 Å². The fourth-order valence-corrected chi connectivity index (χ4v) is 3.68. The van der Waals surface area contributed by atoms with Gasteiger partial charge in [0.25, 0.3) is 0 Å². The van der Waals surface area contributed by atoms with Crippen LogP contribution in [0.1, 0.15) is 117 Å². The molecule has 0 bridgehead atoms. The van der Waals surface area contributed by atoms with E-state index in [0.717, 1.165) is 25.7 Å². The third-order valence-electron chi connectivity index (χ3n) is 5.75. The summed E-state index contributed by atoms with van der Waals surface area (Å²) in [6.45, 7) is 5.24. The first-order valence-electron chi connectivity index (χ1n) is 13.5. The molecule has 0 saturated heterocycles. The molecule has 194 valence electrons. The molecular formula is C28H47NO5. The minimum Gasteiger partial charge on any atom is -0.449 e. The van der Waals surface area contributed by atoms with E-state index in [0.29, 0.717) is 24.7 Å². The summed E-state index contributed by atoms with van der Waals surface area (Å²) in [5, 5.41) is 2.68. The molecule has 1 aromatic carbocycles. The number of hydrogen-bond acceptors (Lipinski definition) is 5. The van der Waals surface area contributed by atoms with E-state index in [4.69, 9.17) is 14.2 Å². The van der Waals surface area contributed by atoms with E-state index in [-0.39, 0.29) is 0 Å². The van der Waals surface area contributed by atoms with Crippen molar-refractivity contribution in [1.29, 1.82) is 0 Å². The van der Waals surface area contributed by atoms with Crippen molar-refractivity contribution in [2.24, 2.45) is 0 Å². The summed E-state index contributed by atoms with van der Waals surface area (Å²) in [5.41, 5.74) is 0.584. The van der Waals surface area contributed by atoms with Crippen LogP contribution in [-0.4, -0.2) is 25.5 Å². The van der Waals surface area contributed by atoms with Gasteiger partial charge < -0.3 is 14.2 Å². The van der Waals surface area contributed by atoms with Gasteiger partial charge in [-0.05, 0) is 37.1 Å². The maximum absolute atomic E-state index is 11.9. The Hall–Kier alpha value is -2.24. The summed E-state index contributed by atoms with van der Waals surface area (Å²) in [5.74, 6) is 0.374. The number of rotatable bonds is 20. The lowest BCUT2D eigenvalue weighted by Crippen LogP contribution is -2.14. The summed E-state index contributed by atoms with van der Waals surface area (Å²) in [6, 6.07) is 6.56. The Balaban J connectivity index is 2.06. The average Bonchev–Trinajstić information content (AvgIpc) is 2.83. The van der Waals surface area contributed by atoms with E-state index in [2.05, 4.69) is 19.2 Å². The van der Waals surface area contributed by atoms with Gasteiger partial charge in [0.15, 0.2) is 0 Å². The summed E-state index contributed by atoms with van der Waals surface area (Å²) in [4.78, 5) is 23.7. The van der Waals surface area contributed by atoms with Crippen molar-refractivity contribution < 1.29 is 23.8 Å². The molecule has 0 aliphatic heterocycles. The zero-order valence-corrected chi connectivity index (χ0v) is 21.6. The second kappa shape index (κ2) is 21.3. The average molecular weight is 478 g/mol. The van der Waals surface area contributed by atoms with Gasteiger partial charge in [0.1, 0.15) is 5.75 Å². The van der Waals surface area contributed by atoms with E-state index in [1.165, 1.54) is 77.0 Å². The van der Waals surface area contributed by atoms with Gasteiger partial charge in [-0.2, -0.15) is 0 Å². The molecule has 0 saturated carbocycles. The molecule has 0 spiro atoms. The monoisotopic (exact) mass is 477 g/mol. The molecule has 0 aliphatic rings. The van der Waals surface area contributed by atoms with Crippen LogP contribution in [0.4, 0.5) is 15.3 Å². The molecule has 0 aliphatic carbocycles. The highest BCUT2D eigenvalue weighted by Gasteiger charge is 2.07. The molecule has 0 unspecified atom stereocenters. The zero-order chi connectivity index (χ0) is 24.7. The van der Waals surface area contributed by atoms with Crippen molar-refractivity contribution in [3.8, 4) is 5.75 Å². The first-order valence-corrected chi connectivity index (χ1v) is 13.5. The van der Waals surface area contributed by atoms with Gasteiger partial charge in [0.2, 0.25) is 0 Å². The van der Waals surface area contributed by atoms with Crippen LogP contribution in [-0.2, 0) is 9.47 Å². The molecule has 0 atom stereocenters. The second-order valence-electron chi connectivity index (χ2n) is 8.94. The molecule has 1 N–H and O–H groups in total. The lowest BCUT2D eigenvalue weighted by Gasteiger charge is -2.09. The standard InChI is InChI=1S/C28H47NO5/c1-3-5-7-9-11-13-15-17-23-32-27(30)29-25-19-21-26(22-20-25)34-28(31)33-24-18-16-14-12-10-8-6-4-2/h19-22H,3-18,23-24H2,1-2H3,(H,29,30). The largest absolute Gasteiger partial charge is 0.513 e. The summed E-state index contributed by atoms with van der Waals surface area (Å²) >= 11 is 0. The van der Waals surface area contributed by atoms with E-state index in [1.54, 1.807) is 24.3 Å². The predicted molar refractivity (Wildman–Crippen MR) is 139 cm³/mol. The number of nitrogens with one attached hydrogen (secondary N) is 1. The molecule has 6 nitrogen and oxygen atoms in total. The molecule has 0 radical (unpaired) electrons. The van der Waals surface area contributed by atoms with Crippen LogP contribution in [0.25, 0.3) is 0 Å². The first-order chi connectivity index (χ1) is 16.7. The Morgan fingerprint density at radius 2 is 1.06 bits per heavy atom. The molecule has 6 heteroatoms. The highest BCUT2D eigenvalue weighted by atomic mass is 16.7. The predicted octanol–water partition coefficient (Wildman–Crippen LogP) is 9.03. The minimum atomic E-state index is -0.701. The normalized spacial score (nSPS) is 10.6. The number of anilines is 1. The van der Waals surface area contributed by atoms with Crippen molar-refractivity contribution in [2.75, 3.05) is 18.5 Å². The first kappa shape index (κ1) is 29.8. The van der Waals surface area contributed by atoms with Gasteiger partial charge >= 0.3 is 12.2 Å². The maximum atomic E-state index is 11.9. The highest BCUT2D eigenvalue weighted by Crippen LogP contribution is 2.17. The maximum Gasteiger partial charge on any atom is 0.513 e. The third kappa shape index (κ3) is 17.3. The second-order valence-corrected chi connectivity index (χ2v) is 8.94. The van der Waals surface area contributed by atoms with Crippen LogP contribution in [0, 0.1) is 0 Å². The van der Waals surface area contributed by atoms with Gasteiger partial charge in [-0.3, -0.25) is 5.32 Å². The number of amides is 1. The van der Waals surface area contributed by atoms with Crippen LogP contribution >= 0.6 is 0 Å². The molecule has 0 fully saturated rings. The molecule has 1 amide bonds. The van der Waals surface area contributed by atoms with Gasteiger partial charge in [-0.15, -0.1) is 0 Å². The molecule has 1 aromatic rings. The molecule has 1 rings (SSSR count). The lowest BCUT2D eigenvalue weighted by molar-refractivity contribution is 0.0972. The van der Waals surface area contributed by atoms with Crippen molar-refractivity contribution in [2.45, 2.75) is 117 Å². The minimum absolute atomic E-state index is 0.373. The Labute approximate surface area is 207 Å². The highest BCUT2D eigenvalue weighted by molar-refractivity contribution is 5.84. The van der Waals surface area contributed by atoms with E-state index in [1.807, 2.05) is 0 Å². The van der Waals surface area contributed by atoms with Crippen LogP contribution in [0.2, 0.25) is 0 Å². The SMILES string of the molecule is CCCCCCCCCCOC(=O)Nc1ccc(OC(=O)OCCCCCCCCCC)cc1. The molecular weight excluding hydrogens is 430 g/mol. The molecule has 0 aromatic heterocycles.